The van der Waals surface area contributed by atoms with Crippen molar-refractivity contribution in [2.24, 2.45) is 0 Å². The van der Waals surface area contributed by atoms with Gasteiger partial charge in [-0.25, -0.2) is 0 Å². The van der Waals surface area contributed by atoms with Crippen LogP contribution >= 0.6 is 11.6 Å². The van der Waals surface area contributed by atoms with E-state index in [0.717, 1.165) is 29.7 Å². The van der Waals surface area contributed by atoms with Crippen LogP contribution in [0, 0.1) is 6.92 Å². The zero-order valence-corrected chi connectivity index (χ0v) is 20.3. The lowest BCUT2D eigenvalue weighted by Crippen LogP contribution is -2.52. The number of aliphatic hydroxyl groups is 1. The Morgan fingerprint density at radius 1 is 1.09 bits per heavy atom. The van der Waals surface area contributed by atoms with E-state index in [1.54, 1.807) is 0 Å². The number of piperidine rings is 1. The minimum absolute atomic E-state index is 0.397. The number of benzene rings is 3. The fourth-order valence-electron chi connectivity index (χ4n) is 4.63. The third-order valence-corrected chi connectivity index (χ3v) is 6.83. The van der Waals surface area contributed by atoms with Crippen LogP contribution in [0.4, 0.5) is 0 Å². The Morgan fingerprint density at radius 2 is 1.85 bits per heavy atom. The first-order valence-corrected chi connectivity index (χ1v) is 12.0. The maximum absolute atomic E-state index is 12.2. The molecule has 0 saturated carbocycles. The number of esters is 1. The van der Waals surface area contributed by atoms with E-state index in [2.05, 4.69) is 55.5 Å². The van der Waals surface area contributed by atoms with Crippen LogP contribution in [0.1, 0.15) is 35.1 Å². The number of hydrogen-bond acceptors (Lipinski definition) is 4. The smallest absolute Gasteiger partial charge is 0.325 e. The zero-order valence-electron chi connectivity index (χ0n) is 19.6. The van der Waals surface area contributed by atoms with Crippen LogP contribution in [0.15, 0.2) is 66.7 Å². The number of carbonyl (C=O) groups is 1. The molecule has 1 heterocycles. The molecule has 0 amide bonds. The van der Waals surface area contributed by atoms with E-state index in [1.807, 2.05) is 35.2 Å². The molecule has 0 aromatic heterocycles. The second-order valence-electron chi connectivity index (χ2n) is 8.72. The second-order valence-corrected chi connectivity index (χ2v) is 9.13. The molecule has 4 nitrogen and oxygen atoms in total. The maximum Gasteiger partial charge on any atom is 0.325 e. The number of likely N-dealkylation sites (tertiary alicyclic amines) is 1. The Morgan fingerprint density at radius 3 is 2.59 bits per heavy atom. The summed E-state index contributed by atoms with van der Waals surface area (Å²) in [5.74, 6) is -0.397. The van der Waals surface area contributed by atoms with Crippen LogP contribution in [-0.4, -0.2) is 41.8 Å². The Labute approximate surface area is 206 Å². The first-order valence-electron chi connectivity index (χ1n) is 11.6. The van der Waals surface area contributed by atoms with Crippen LogP contribution in [0.3, 0.4) is 0 Å². The van der Waals surface area contributed by atoms with Crippen molar-refractivity contribution in [3.8, 4) is 11.1 Å². The summed E-state index contributed by atoms with van der Waals surface area (Å²) in [6, 6.07) is 22.0. The van der Waals surface area contributed by atoms with Crippen LogP contribution in [0.5, 0.6) is 0 Å². The van der Waals surface area contributed by atoms with E-state index in [-0.39, 0.29) is 0 Å². The second kappa shape index (κ2) is 11.0. The van der Waals surface area contributed by atoms with Gasteiger partial charge in [0.15, 0.2) is 0 Å². The maximum atomic E-state index is 12.2. The molecule has 1 N–H and O–H groups in total. The Bertz CT molecular complexity index is 1180. The molecular formula is C29H30ClNO3. The zero-order chi connectivity index (χ0) is 24.1. The van der Waals surface area contributed by atoms with E-state index < -0.39 is 18.1 Å². The van der Waals surface area contributed by atoms with Gasteiger partial charge in [-0.3, -0.25) is 9.69 Å². The Kier molecular flexibility index (Phi) is 7.84. The summed E-state index contributed by atoms with van der Waals surface area (Å²) < 4.78 is 4.92. The first kappa shape index (κ1) is 24.2. The van der Waals surface area contributed by atoms with Gasteiger partial charge in [-0.05, 0) is 65.8 Å². The molecule has 4 rings (SSSR count). The molecule has 0 spiro atoms. The molecular weight excluding hydrogens is 446 g/mol. The van der Waals surface area contributed by atoms with Gasteiger partial charge in [0, 0.05) is 11.6 Å². The minimum Gasteiger partial charge on any atom is -0.468 e. The Balaban J connectivity index is 1.52. The Hall–Kier alpha value is -2.92. The van der Waals surface area contributed by atoms with E-state index in [4.69, 9.17) is 16.3 Å². The molecule has 1 fully saturated rings. The largest absolute Gasteiger partial charge is 0.468 e. The van der Waals surface area contributed by atoms with Crippen molar-refractivity contribution in [1.82, 2.24) is 4.90 Å². The van der Waals surface area contributed by atoms with Crippen molar-refractivity contribution in [3.63, 3.8) is 0 Å². The van der Waals surface area contributed by atoms with Crippen LogP contribution < -0.4 is 0 Å². The summed E-state index contributed by atoms with van der Waals surface area (Å²) in [5, 5.41) is 11.0. The van der Waals surface area contributed by atoms with Gasteiger partial charge in [-0.15, -0.1) is 0 Å². The molecule has 1 aliphatic rings. The molecule has 0 bridgehead atoms. The molecule has 1 aliphatic heterocycles. The highest BCUT2D eigenvalue weighted by molar-refractivity contribution is 6.32. The highest BCUT2D eigenvalue weighted by Gasteiger charge is 2.36. The number of carbonyl (C=O) groups excluding carboxylic acids is 1. The number of nitrogens with zero attached hydrogens (tertiary/aromatic N) is 1. The van der Waals surface area contributed by atoms with Crippen molar-refractivity contribution in [3.05, 3.63) is 94.0 Å². The first-order chi connectivity index (χ1) is 16.5. The third-order valence-electron chi connectivity index (χ3n) is 6.50. The van der Waals surface area contributed by atoms with Gasteiger partial charge in [-0.1, -0.05) is 84.4 Å². The van der Waals surface area contributed by atoms with Crippen LogP contribution in [0.25, 0.3) is 23.3 Å². The molecule has 0 radical (unpaired) electrons. The average Bonchev–Trinajstić information content (AvgIpc) is 2.84. The standard InChI is InChI=1S/C29H30ClNO3/c1-20-22(10-6-11-25(20)23-8-4-3-5-9-23)15-16-24-14-13-21(18-26(24)30)19-31-17-7-12-27(32)28(31)29(33)34-2/h3-6,8-11,13-16,18,27-28,32H,7,12,17,19H2,1-2H3/b16-15+. The molecule has 5 heteroatoms. The van der Waals surface area contributed by atoms with Gasteiger partial charge in [0.1, 0.15) is 6.04 Å². The van der Waals surface area contributed by atoms with Gasteiger partial charge >= 0.3 is 5.97 Å². The van der Waals surface area contributed by atoms with Gasteiger partial charge < -0.3 is 9.84 Å². The highest BCUT2D eigenvalue weighted by Crippen LogP contribution is 2.28. The van der Waals surface area contributed by atoms with Gasteiger partial charge in [0.2, 0.25) is 0 Å². The molecule has 2 atom stereocenters. The normalized spacial score (nSPS) is 18.8. The van der Waals surface area contributed by atoms with Gasteiger partial charge in [-0.2, -0.15) is 0 Å². The number of methoxy groups -OCH3 is 1. The summed E-state index contributed by atoms with van der Waals surface area (Å²) in [5.41, 5.74) is 6.70. The number of halogens is 1. The van der Waals surface area contributed by atoms with Crippen LogP contribution in [0.2, 0.25) is 5.02 Å². The fourth-order valence-corrected chi connectivity index (χ4v) is 4.90. The lowest BCUT2D eigenvalue weighted by atomic mass is 9.96. The van der Waals surface area contributed by atoms with Crippen molar-refractivity contribution in [2.75, 3.05) is 13.7 Å². The predicted octanol–water partition coefficient (Wildman–Crippen LogP) is 5.98. The monoisotopic (exact) mass is 475 g/mol. The molecule has 1 saturated heterocycles. The van der Waals surface area contributed by atoms with Crippen molar-refractivity contribution in [2.45, 2.75) is 38.5 Å². The van der Waals surface area contributed by atoms with Crippen molar-refractivity contribution < 1.29 is 14.6 Å². The molecule has 3 aromatic carbocycles. The summed E-state index contributed by atoms with van der Waals surface area (Å²) >= 11 is 6.62. The lowest BCUT2D eigenvalue weighted by Gasteiger charge is -2.37. The summed E-state index contributed by atoms with van der Waals surface area (Å²) in [6.07, 6.45) is 4.85. The summed E-state index contributed by atoms with van der Waals surface area (Å²) in [6.45, 7) is 3.39. The van der Waals surface area contributed by atoms with E-state index in [0.29, 0.717) is 18.0 Å². The quantitative estimate of drug-likeness (QED) is 0.351. The highest BCUT2D eigenvalue weighted by atomic mass is 35.5. The van der Waals surface area contributed by atoms with E-state index >= 15 is 0 Å². The average molecular weight is 476 g/mol. The molecule has 34 heavy (non-hydrogen) atoms. The van der Waals surface area contributed by atoms with Gasteiger partial charge in [0.25, 0.3) is 0 Å². The lowest BCUT2D eigenvalue weighted by molar-refractivity contribution is -0.154. The van der Waals surface area contributed by atoms with Crippen LogP contribution in [-0.2, 0) is 16.1 Å². The van der Waals surface area contributed by atoms with E-state index in [1.165, 1.54) is 23.8 Å². The fraction of sp³-hybridized carbons (Fsp3) is 0.276. The summed E-state index contributed by atoms with van der Waals surface area (Å²) in [4.78, 5) is 14.2. The minimum atomic E-state index is -0.714. The third kappa shape index (κ3) is 5.41. The molecule has 176 valence electrons. The number of aliphatic hydroxyl groups excluding tert-OH is 1. The molecule has 2 unspecified atom stereocenters. The van der Waals surface area contributed by atoms with Crippen molar-refractivity contribution >= 4 is 29.7 Å². The van der Waals surface area contributed by atoms with E-state index in [9.17, 15) is 9.90 Å². The van der Waals surface area contributed by atoms with Crippen molar-refractivity contribution in [1.29, 1.82) is 0 Å². The predicted molar refractivity (Wildman–Crippen MR) is 138 cm³/mol. The summed E-state index contributed by atoms with van der Waals surface area (Å²) in [7, 11) is 1.36. The topological polar surface area (TPSA) is 49.8 Å². The van der Waals surface area contributed by atoms with Gasteiger partial charge in [0.05, 0.1) is 13.2 Å². The number of ether oxygens (including phenoxy) is 1. The number of hydrogen-bond donors (Lipinski definition) is 1. The SMILES string of the molecule is COC(=O)C1C(O)CCCN1Cc1ccc(/C=C/c2cccc(-c3ccccc3)c2C)c(Cl)c1. The molecule has 0 aliphatic carbocycles. The number of rotatable bonds is 6. The molecule has 3 aromatic rings.